The van der Waals surface area contributed by atoms with E-state index in [0.717, 1.165) is 13.1 Å². The molecule has 1 saturated heterocycles. The van der Waals surface area contributed by atoms with Gasteiger partial charge in [0.1, 0.15) is 0 Å². The minimum Gasteiger partial charge on any atom is -0.355 e. The smallest absolute Gasteiger partial charge is 0.223 e. The highest BCUT2D eigenvalue weighted by atomic mass is 35.5. The number of halogens is 1. The molecule has 2 atom stereocenters. The number of hydrogen-bond acceptors (Lipinski definition) is 2. The van der Waals surface area contributed by atoms with Crippen LogP contribution in [0.1, 0.15) is 25.3 Å². The highest BCUT2D eigenvalue weighted by molar-refractivity contribution is 5.85. The summed E-state index contributed by atoms with van der Waals surface area (Å²) in [5.41, 5.74) is 1.27. The number of nitrogens with one attached hydrogen (secondary N) is 2. The van der Waals surface area contributed by atoms with Crippen LogP contribution in [0.4, 0.5) is 0 Å². The minimum absolute atomic E-state index is 0. The molecule has 106 valence electrons. The number of hydrogen-bond donors (Lipinski definition) is 2. The zero-order valence-electron chi connectivity index (χ0n) is 11.6. The highest BCUT2D eigenvalue weighted by Crippen LogP contribution is 2.17. The monoisotopic (exact) mass is 282 g/mol. The van der Waals surface area contributed by atoms with E-state index >= 15 is 0 Å². The van der Waals surface area contributed by atoms with Crippen molar-refractivity contribution < 1.29 is 4.79 Å². The van der Waals surface area contributed by atoms with Crippen LogP contribution < -0.4 is 10.6 Å². The molecule has 4 heteroatoms. The molecular weight excluding hydrogens is 260 g/mol. The third-order valence-electron chi connectivity index (χ3n) is 3.88. The number of benzene rings is 1. The second kappa shape index (κ2) is 7.51. The first-order valence-corrected chi connectivity index (χ1v) is 6.72. The van der Waals surface area contributed by atoms with E-state index in [1.165, 1.54) is 5.56 Å². The molecule has 19 heavy (non-hydrogen) atoms. The van der Waals surface area contributed by atoms with Gasteiger partial charge in [-0.1, -0.05) is 44.2 Å². The van der Waals surface area contributed by atoms with Crippen molar-refractivity contribution in [2.45, 2.75) is 19.8 Å². The van der Waals surface area contributed by atoms with Crippen LogP contribution >= 0.6 is 12.4 Å². The van der Waals surface area contributed by atoms with Gasteiger partial charge in [0.05, 0.1) is 0 Å². The number of rotatable bonds is 5. The van der Waals surface area contributed by atoms with Gasteiger partial charge >= 0.3 is 0 Å². The number of carbonyl (C=O) groups is 1. The van der Waals surface area contributed by atoms with Crippen LogP contribution in [0.3, 0.4) is 0 Å². The van der Waals surface area contributed by atoms with Crippen molar-refractivity contribution in [2.24, 2.45) is 11.8 Å². The molecule has 2 unspecified atom stereocenters. The average molecular weight is 283 g/mol. The summed E-state index contributed by atoms with van der Waals surface area (Å²) in [7, 11) is 0. The van der Waals surface area contributed by atoms with E-state index in [1.54, 1.807) is 0 Å². The Morgan fingerprint density at radius 2 is 1.95 bits per heavy atom. The molecule has 1 amide bonds. The lowest BCUT2D eigenvalue weighted by Gasteiger charge is -2.32. The summed E-state index contributed by atoms with van der Waals surface area (Å²) in [6, 6.07) is 10.3. The van der Waals surface area contributed by atoms with Crippen molar-refractivity contribution >= 4 is 18.3 Å². The van der Waals surface area contributed by atoms with Crippen molar-refractivity contribution in [3.63, 3.8) is 0 Å². The van der Waals surface area contributed by atoms with E-state index in [0.29, 0.717) is 18.4 Å². The first-order chi connectivity index (χ1) is 8.68. The van der Waals surface area contributed by atoms with Crippen molar-refractivity contribution in [1.82, 2.24) is 10.6 Å². The fourth-order valence-electron chi connectivity index (χ4n) is 2.19. The molecule has 2 rings (SSSR count). The lowest BCUT2D eigenvalue weighted by molar-refractivity contribution is -0.126. The zero-order chi connectivity index (χ0) is 13.0. The van der Waals surface area contributed by atoms with E-state index in [-0.39, 0.29) is 24.2 Å². The van der Waals surface area contributed by atoms with Crippen LogP contribution in [0.15, 0.2) is 30.3 Å². The Hall–Kier alpha value is -1.06. The third kappa shape index (κ3) is 4.22. The van der Waals surface area contributed by atoms with Gasteiger partial charge in [0.25, 0.3) is 0 Å². The maximum atomic E-state index is 12.0. The molecule has 0 bridgehead atoms. The first-order valence-electron chi connectivity index (χ1n) is 6.72. The Bertz CT molecular complexity index is 392. The molecule has 0 saturated carbocycles. The van der Waals surface area contributed by atoms with Gasteiger partial charge in [-0.05, 0) is 30.5 Å². The van der Waals surface area contributed by atoms with Gasteiger partial charge in [-0.25, -0.2) is 0 Å². The van der Waals surface area contributed by atoms with Crippen LogP contribution in [0.5, 0.6) is 0 Å². The highest BCUT2D eigenvalue weighted by Gasteiger charge is 2.28. The van der Waals surface area contributed by atoms with E-state index < -0.39 is 0 Å². The summed E-state index contributed by atoms with van der Waals surface area (Å²) in [5.74, 6) is 1.18. The third-order valence-corrected chi connectivity index (χ3v) is 3.88. The van der Waals surface area contributed by atoms with Gasteiger partial charge in [-0.15, -0.1) is 12.4 Å². The first kappa shape index (κ1) is 16.0. The summed E-state index contributed by atoms with van der Waals surface area (Å²) in [5, 5.41) is 6.27. The summed E-state index contributed by atoms with van der Waals surface area (Å²) in [6.07, 6.45) is 0. The second-order valence-corrected chi connectivity index (χ2v) is 5.26. The topological polar surface area (TPSA) is 41.1 Å². The van der Waals surface area contributed by atoms with Gasteiger partial charge < -0.3 is 10.6 Å². The SMILES string of the molecule is CC(CNC(=O)C(C)C1CNC1)c1ccccc1.Cl. The minimum atomic E-state index is 0. The Labute approximate surface area is 121 Å². The molecule has 1 heterocycles. The molecule has 0 radical (unpaired) electrons. The number of carbonyl (C=O) groups excluding carboxylic acids is 1. The standard InChI is InChI=1S/C15H22N2O.ClH/c1-11(13-6-4-3-5-7-13)8-17-15(18)12(2)14-9-16-10-14;/h3-7,11-12,14,16H,8-10H2,1-2H3,(H,17,18);1H. The van der Waals surface area contributed by atoms with Crippen molar-refractivity contribution in [1.29, 1.82) is 0 Å². The maximum Gasteiger partial charge on any atom is 0.223 e. The lowest BCUT2D eigenvalue weighted by atomic mass is 9.88. The van der Waals surface area contributed by atoms with Crippen LogP contribution in [-0.4, -0.2) is 25.5 Å². The molecule has 2 N–H and O–H groups in total. The van der Waals surface area contributed by atoms with Crippen molar-refractivity contribution in [2.75, 3.05) is 19.6 Å². The molecule has 0 aliphatic carbocycles. The maximum absolute atomic E-state index is 12.0. The normalized spacial score (nSPS) is 17.8. The van der Waals surface area contributed by atoms with E-state index in [2.05, 4.69) is 29.7 Å². The van der Waals surface area contributed by atoms with Crippen molar-refractivity contribution in [3.8, 4) is 0 Å². The Morgan fingerprint density at radius 3 is 2.47 bits per heavy atom. The van der Waals surface area contributed by atoms with E-state index in [4.69, 9.17) is 0 Å². The Morgan fingerprint density at radius 1 is 1.32 bits per heavy atom. The summed E-state index contributed by atoms with van der Waals surface area (Å²) < 4.78 is 0. The van der Waals surface area contributed by atoms with Gasteiger partial charge in [0.15, 0.2) is 0 Å². The van der Waals surface area contributed by atoms with Crippen LogP contribution in [0, 0.1) is 11.8 Å². The molecule has 1 aromatic rings. The van der Waals surface area contributed by atoms with Gasteiger partial charge in [0, 0.05) is 12.5 Å². The van der Waals surface area contributed by atoms with E-state index in [1.807, 2.05) is 25.1 Å². The summed E-state index contributed by atoms with van der Waals surface area (Å²) in [4.78, 5) is 12.0. The van der Waals surface area contributed by atoms with Gasteiger partial charge in [-0.2, -0.15) is 0 Å². The molecular formula is C15H23ClN2O. The molecule has 3 nitrogen and oxygen atoms in total. The van der Waals surface area contributed by atoms with Crippen LogP contribution in [0.2, 0.25) is 0 Å². The molecule has 1 aliphatic rings. The fourth-order valence-corrected chi connectivity index (χ4v) is 2.19. The Balaban J connectivity index is 0.00000180. The van der Waals surface area contributed by atoms with Gasteiger partial charge in [0.2, 0.25) is 5.91 Å². The fraction of sp³-hybridized carbons (Fsp3) is 0.533. The number of amides is 1. The lowest BCUT2D eigenvalue weighted by Crippen LogP contribution is -2.49. The summed E-state index contributed by atoms with van der Waals surface area (Å²) in [6.45, 7) is 6.83. The van der Waals surface area contributed by atoms with Crippen molar-refractivity contribution in [3.05, 3.63) is 35.9 Å². The predicted octanol–water partition coefficient (Wildman–Crippen LogP) is 2.18. The molecule has 1 aliphatic heterocycles. The Kier molecular flexibility index (Phi) is 6.32. The second-order valence-electron chi connectivity index (χ2n) is 5.26. The van der Waals surface area contributed by atoms with Crippen LogP contribution in [0.25, 0.3) is 0 Å². The predicted molar refractivity (Wildman–Crippen MR) is 80.6 cm³/mol. The zero-order valence-corrected chi connectivity index (χ0v) is 12.4. The van der Waals surface area contributed by atoms with E-state index in [9.17, 15) is 4.79 Å². The summed E-state index contributed by atoms with van der Waals surface area (Å²) >= 11 is 0. The molecule has 1 aromatic carbocycles. The van der Waals surface area contributed by atoms with Crippen LogP contribution in [-0.2, 0) is 4.79 Å². The average Bonchev–Trinajstić information content (AvgIpc) is 2.34. The molecule has 0 aromatic heterocycles. The largest absolute Gasteiger partial charge is 0.355 e. The quantitative estimate of drug-likeness (QED) is 0.869. The molecule has 0 spiro atoms. The molecule has 1 fully saturated rings. The van der Waals surface area contributed by atoms with Gasteiger partial charge in [-0.3, -0.25) is 4.79 Å².